The van der Waals surface area contributed by atoms with Crippen LogP contribution in [-0.4, -0.2) is 15.8 Å². The zero-order valence-corrected chi connectivity index (χ0v) is 13.1. The molecule has 1 aromatic carbocycles. The first-order valence-corrected chi connectivity index (χ1v) is 8.26. The number of nitrogens with zero attached hydrogens (tertiary/aromatic N) is 3. The number of aryl methyl sites for hydroxylation is 1. The summed E-state index contributed by atoms with van der Waals surface area (Å²) in [5.41, 5.74) is 1.06. The monoisotopic (exact) mass is 307 g/mol. The molecule has 0 unspecified atom stereocenters. The van der Waals surface area contributed by atoms with E-state index in [1.54, 1.807) is 11.3 Å². The van der Waals surface area contributed by atoms with Gasteiger partial charge in [-0.2, -0.15) is 5.10 Å². The standard InChI is InChI=1S/C15H18ClN3S/c1-19-15(17-13-8-3-2-4-9-13)20-14(18-19)11-6-5-7-12(16)10-11/h5-7,10,13H,2-4,8-9H2,1H3/b17-15+. The molecule has 1 heterocycles. The van der Waals surface area contributed by atoms with Gasteiger partial charge in [-0.05, 0) is 25.0 Å². The van der Waals surface area contributed by atoms with Gasteiger partial charge in [0, 0.05) is 17.6 Å². The Hall–Kier alpha value is -1.13. The minimum absolute atomic E-state index is 0.475. The summed E-state index contributed by atoms with van der Waals surface area (Å²) in [6, 6.07) is 8.30. The SMILES string of the molecule is Cn1nc(-c2cccc(Cl)c2)s/c1=N/C1CCCCC1. The number of halogens is 1. The lowest BCUT2D eigenvalue weighted by molar-refractivity contribution is 0.434. The average molecular weight is 308 g/mol. The van der Waals surface area contributed by atoms with Crippen molar-refractivity contribution in [1.82, 2.24) is 9.78 Å². The summed E-state index contributed by atoms with van der Waals surface area (Å²) < 4.78 is 1.88. The third kappa shape index (κ3) is 3.13. The fraction of sp³-hybridized carbons (Fsp3) is 0.467. The Morgan fingerprint density at radius 3 is 2.85 bits per heavy atom. The molecule has 1 aliphatic rings. The highest BCUT2D eigenvalue weighted by Crippen LogP contribution is 2.23. The molecule has 0 N–H and O–H groups in total. The lowest BCUT2D eigenvalue weighted by Gasteiger charge is -2.16. The molecule has 1 fully saturated rings. The Morgan fingerprint density at radius 2 is 2.10 bits per heavy atom. The smallest absolute Gasteiger partial charge is 0.203 e. The third-order valence-electron chi connectivity index (χ3n) is 3.64. The van der Waals surface area contributed by atoms with Gasteiger partial charge in [0.1, 0.15) is 5.01 Å². The maximum absolute atomic E-state index is 6.04. The van der Waals surface area contributed by atoms with Crippen LogP contribution in [0.15, 0.2) is 29.3 Å². The average Bonchev–Trinajstić information content (AvgIpc) is 2.81. The Labute approximate surface area is 127 Å². The second-order valence-electron chi connectivity index (χ2n) is 5.24. The fourth-order valence-electron chi connectivity index (χ4n) is 2.57. The van der Waals surface area contributed by atoms with Gasteiger partial charge in [0.2, 0.25) is 4.80 Å². The first-order valence-electron chi connectivity index (χ1n) is 7.06. The molecule has 1 saturated carbocycles. The Balaban J connectivity index is 1.92. The first kappa shape index (κ1) is 13.8. The second kappa shape index (κ2) is 6.10. The molecular formula is C15H18ClN3S. The van der Waals surface area contributed by atoms with Crippen LogP contribution in [0.2, 0.25) is 5.02 Å². The number of rotatable bonds is 2. The molecule has 106 valence electrons. The molecule has 0 spiro atoms. The van der Waals surface area contributed by atoms with Crippen LogP contribution in [0.25, 0.3) is 10.6 Å². The van der Waals surface area contributed by atoms with E-state index < -0.39 is 0 Å². The summed E-state index contributed by atoms with van der Waals surface area (Å²) >= 11 is 7.69. The summed E-state index contributed by atoms with van der Waals surface area (Å²) in [5.74, 6) is 0. The Morgan fingerprint density at radius 1 is 1.30 bits per heavy atom. The van der Waals surface area contributed by atoms with Gasteiger partial charge in [0.25, 0.3) is 0 Å². The van der Waals surface area contributed by atoms with E-state index in [0.29, 0.717) is 6.04 Å². The summed E-state index contributed by atoms with van der Waals surface area (Å²) in [7, 11) is 1.96. The van der Waals surface area contributed by atoms with E-state index in [0.717, 1.165) is 20.4 Å². The molecule has 20 heavy (non-hydrogen) atoms. The maximum Gasteiger partial charge on any atom is 0.203 e. The zero-order valence-electron chi connectivity index (χ0n) is 11.6. The van der Waals surface area contributed by atoms with Crippen LogP contribution in [0.4, 0.5) is 0 Å². The lowest BCUT2D eigenvalue weighted by Crippen LogP contribution is -2.18. The van der Waals surface area contributed by atoms with Crippen LogP contribution in [0.5, 0.6) is 0 Å². The molecule has 3 nitrogen and oxygen atoms in total. The van der Waals surface area contributed by atoms with E-state index in [2.05, 4.69) is 5.10 Å². The zero-order chi connectivity index (χ0) is 13.9. The molecule has 1 aromatic heterocycles. The van der Waals surface area contributed by atoms with Crippen LogP contribution < -0.4 is 4.80 Å². The molecule has 2 aromatic rings. The molecule has 0 radical (unpaired) electrons. The van der Waals surface area contributed by atoms with Crippen molar-refractivity contribution in [3.8, 4) is 10.6 Å². The van der Waals surface area contributed by atoms with Crippen molar-refractivity contribution in [1.29, 1.82) is 0 Å². The van der Waals surface area contributed by atoms with Crippen molar-refractivity contribution in [2.24, 2.45) is 12.0 Å². The topological polar surface area (TPSA) is 30.2 Å². The van der Waals surface area contributed by atoms with Gasteiger partial charge in [0.05, 0.1) is 6.04 Å². The molecule has 1 aliphatic carbocycles. The van der Waals surface area contributed by atoms with Gasteiger partial charge < -0.3 is 0 Å². The Bertz CT molecular complexity index is 653. The summed E-state index contributed by atoms with van der Waals surface area (Å²) in [4.78, 5) is 5.88. The molecule has 0 saturated heterocycles. The van der Waals surface area contributed by atoms with Gasteiger partial charge in [-0.25, -0.2) is 4.68 Å². The molecule has 0 amide bonds. The Kier molecular flexibility index (Phi) is 4.22. The van der Waals surface area contributed by atoms with E-state index in [-0.39, 0.29) is 0 Å². The van der Waals surface area contributed by atoms with Crippen LogP contribution >= 0.6 is 22.9 Å². The first-order chi connectivity index (χ1) is 9.72. The fourth-order valence-corrected chi connectivity index (χ4v) is 3.71. The third-order valence-corrected chi connectivity index (χ3v) is 4.94. The van der Waals surface area contributed by atoms with Crippen molar-refractivity contribution in [3.63, 3.8) is 0 Å². The van der Waals surface area contributed by atoms with Crippen molar-refractivity contribution < 1.29 is 0 Å². The van der Waals surface area contributed by atoms with Crippen molar-refractivity contribution >= 4 is 22.9 Å². The van der Waals surface area contributed by atoms with Crippen LogP contribution in [-0.2, 0) is 7.05 Å². The number of benzene rings is 1. The minimum atomic E-state index is 0.475. The predicted molar refractivity (Wildman–Crippen MR) is 84.0 cm³/mol. The second-order valence-corrected chi connectivity index (χ2v) is 6.64. The number of aromatic nitrogens is 2. The molecule has 0 aliphatic heterocycles. The van der Waals surface area contributed by atoms with E-state index in [1.807, 2.05) is 36.0 Å². The highest BCUT2D eigenvalue weighted by molar-refractivity contribution is 7.12. The minimum Gasteiger partial charge on any atom is -0.254 e. The predicted octanol–water partition coefficient (Wildman–Crippen LogP) is 4.04. The normalized spacial score (nSPS) is 17.6. The summed E-state index contributed by atoms with van der Waals surface area (Å²) in [6.07, 6.45) is 6.39. The van der Waals surface area contributed by atoms with Crippen molar-refractivity contribution in [3.05, 3.63) is 34.1 Å². The van der Waals surface area contributed by atoms with Gasteiger partial charge in [-0.15, -0.1) is 0 Å². The van der Waals surface area contributed by atoms with Crippen LogP contribution in [0, 0.1) is 0 Å². The molecule has 5 heteroatoms. The van der Waals surface area contributed by atoms with Gasteiger partial charge in [0.15, 0.2) is 0 Å². The van der Waals surface area contributed by atoms with Gasteiger partial charge in [-0.1, -0.05) is 54.3 Å². The van der Waals surface area contributed by atoms with E-state index in [9.17, 15) is 0 Å². The highest BCUT2D eigenvalue weighted by Gasteiger charge is 2.13. The molecule has 3 rings (SSSR count). The number of hydrogen-bond acceptors (Lipinski definition) is 3. The largest absolute Gasteiger partial charge is 0.254 e. The van der Waals surface area contributed by atoms with Crippen molar-refractivity contribution in [2.75, 3.05) is 0 Å². The van der Waals surface area contributed by atoms with E-state index >= 15 is 0 Å². The molecule has 0 bridgehead atoms. The van der Waals surface area contributed by atoms with E-state index in [4.69, 9.17) is 16.6 Å². The van der Waals surface area contributed by atoms with E-state index in [1.165, 1.54) is 32.1 Å². The van der Waals surface area contributed by atoms with Gasteiger partial charge >= 0.3 is 0 Å². The van der Waals surface area contributed by atoms with Crippen LogP contribution in [0.3, 0.4) is 0 Å². The molecular weight excluding hydrogens is 290 g/mol. The molecule has 0 atom stereocenters. The lowest BCUT2D eigenvalue weighted by atomic mass is 9.96. The van der Waals surface area contributed by atoms with Crippen molar-refractivity contribution in [2.45, 2.75) is 38.1 Å². The highest BCUT2D eigenvalue weighted by atomic mass is 35.5. The van der Waals surface area contributed by atoms with Gasteiger partial charge in [-0.3, -0.25) is 4.99 Å². The number of hydrogen-bond donors (Lipinski definition) is 0. The quantitative estimate of drug-likeness (QED) is 0.823. The summed E-state index contributed by atoms with van der Waals surface area (Å²) in [6.45, 7) is 0. The summed E-state index contributed by atoms with van der Waals surface area (Å²) in [5, 5.41) is 6.29. The van der Waals surface area contributed by atoms with Crippen LogP contribution in [0.1, 0.15) is 32.1 Å². The maximum atomic E-state index is 6.04.